The Bertz CT molecular complexity index is 947. The zero-order valence-electron chi connectivity index (χ0n) is 19.7. The quantitative estimate of drug-likeness (QED) is 0.610. The molecule has 0 N–H and O–H groups in total. The Morgan fingerprint density at radius 2 is 1.88 bits per heavy atom. The lowest BCUT2D eigenvalue weighted by Crippen LogP contribution is -2.60. The number of rotatable bonds is 4. The summed E-state index contributed by atoms with van der Waals surface area (Å²) in [6.45, 7) is 5.56. The highest BCUT2D eigenvalue weighted by Gasteiger charge is 2.60. The third-order valence-corrected chi connectivity index (χ3v) is 10.0. The molecule has 2 unspecified atom stereocenters. The zero-order chi connectivity index (χ0) is 22.5. The Labute approximate surface area is 192 Å². The number of carbonyl (C=O) groups is 1. The van der Waals surface area contributed by atoms with Crippen molar-refractivity contribution in [2.75, 3.05) is 7.11 Å². The van der Waals surface area contributed by atoms with Crippen molar-refractivity contribution in [3.63, 3.8) is 0 Å². The van der Waals surface area contributed by atoms with Crippen LogP contribution in [0.4, 0.5) is 0 Å². The van der Waals surface area contributed by atoms with Crippen molar-refractivity contribution >= 4 is 5.91 Å². The van der Waals surface area contributed by atoms with Crippen LogP contribution in [0.1, 0.15) is 64.4 Å². The molecule has 0 bridgehead atoms. The first kappa shape index (κ1) is 21.6. The number of methoxy groups -OCH3 is 1. The van der Waals surface area contributed by atoms with Gasteiger partial charge >= 0.3 is 0 Å². The molecule has 32 heavy (non-hydrogen) atoms. The molecule has 3 saturated carbocycles. The fourth-order valence-electron chi connectivity index (χ4n) is 8.27. The maximum absolute atomic E-state index is 13.0. The maximum atomic E-state index is 13.0. The van der Waals surface area contributed by atoms with Crippen LogP contribution in [0.3, 0.4) is 0 Å². The Hall–Kier alpha value is -2.28. The van der Waals surface area contributed by atoms with Gasteiger partial charge in [-0.15, -0.1) is 0 Å². The van der Waals surface area contributed by atoms with Gasteiger partial charge in [-0.05, 0) is 91.4 Å². The van der Waals surface area contributed by atoms with E-state index in [-0.39, 0.29) is 17.4 Å². The van der Waals surface area contributed by atoms with Gasteiger partial charge in [-0.2, -0.15) is 5.26 Å². The first-order valence-corrected chi connectivity index (χ1v) is 12.4. The molecular formula is C28H36N2O2. The molecule has 0 saturated heterocycles. The molecule has 0 aromatic heterocycles. The lowest BCUT2D eigenvalue weighted by Gasteiger charge is -2.60. The molecule has 4 heteroatoms. The molecule has 170 valence electrons. The van der Waals surface area contributed by atoms with E-state index >= 15 is 0 Å². The fourth-order valence-corrected chi connectivity index (χ4v) is 8.27. The van der Waals surface area contributed by atoms with Gasteiger partial charge in [0.1, 0.15) is 5.75 Å². The lowest BCUT2D eigenvalue weighted by atomic mass is 9.47. The average molecular weight is 433 g/mol. The van der Waals surface area contributed by atoms with E-state index in [2.05, 4.69) is 43.0 Å². The number of nitrogens with zero attached hydrogens (tertiary/aromatic N) is 2. The van der Waals surface area contributed by atoms with Gasteiger partial charge in [0.05, 0.1) is 13.2 Å². The summed E-state index contributed by atoms with van der Waals surface area (Å²) in [4.78, 5) is 15.1. The minimum absolute atomic E-state index is 0.0396. The predicted molar refractivity (Wildman–Crippen MR) is 125 cm³/mol. The van der Waals surface area contributed by atoms with Crippen molar-refractivity contribution < 1.29 is 9.53 Å². The second-order valence-electron chi connectivity index (χ2n) is 11.2. The summed E-state index contributed by atoms with van der Waals surface area (Å²) in [7, 11) is 1.68. The number of ether oxygens (including phenoxy) is 1. The van der Waals surface area contributed by atoms with Crippen molar-refractivity contribution in [3.05, 3.63) is 42.0 Å². The molecule has 4 nitrogen and oxygen atoms in total. The van der Waals surface area contributed by atoms with E-state index in [9.17, 15) is 10.1 Å². The number of hydrogen-bond acceptors (Lipinski definition) is 3. The molecule has 1 heterocycles. The highest BCUT2D eigenvalue weighted by atomic mass is 16.5. The molecule has 1 aromatic carbocycles. The molecule has 3 fully saturated rings. The summed E-state index contributed by atoms with van der Waals surface area (Å²) in [6, 6.07) is 10.9. The van der Waals surface area contributed by atoms with E-state index in [1.807, 2.05) is 18.2 Å². The van der Waals surface area contributed by atoms with Crippen molar-refractivity contribution in [3.8, 4) is 11.8 Å². The van der Waals surface area contributed by atoms with Crippen LogP contribution in [0.5, 0.6) is 5.75 Å². The number of fused-ring (bicyclic) bond motifs is 5. The molecule has 1 aromatic rings. The number of carbonyl (C=O) groups excluding carboxylic acids is 1. The van der Waals surface area contributed by atoms with Gasteiger partial charge < -0.3 is 9.64 Å². The third-order valence-electron chi connectivity index (χ3n) is 10.0. The first-order chi connectivity index (χ1) is 15.4. The first-order valence-electron chi connectivity index (χ1n) is 12.4. The number of hydrogen-bond donors (Lipinski definition) is 0. The lowest BCUT2D eigenvalue weighted by molar-refractivity contribution is -0.142. The van der Waals surface area contributed by atoms with E-state index in [1.54, 1.807) is 7.11 Å². The topological polar surface area (TPSA) is 53.3 Å². The van der Waals surface area contributed by atoms with Crippen LogP contribution in [-0.2, 0) is 11.3 Å². The second kappa shape index (κ2) is 7.94. The highest BCUT2D eigenvalue weighted by Crippen LogP contribution is 2.66. The van der Waals surface area contributed by atoms with Crippen LogP contribution < -0.4 is 4.74 Å². The van der Waals surface area contributed by atoms with E-state index in [0.29, 0.717) is 30.2 Å². The van der Waals surface area contributed by atoms with Gasteiger partial charge in [0.2, 0.25) is 5.91 Å². The summed E-state index contributed by atoms with van der Waals surface area (Å²) in [6.07, 6.45) is 12.1. The molecule has 7 atom stereocenters. The number of amides is 1. The summed E-state index contributed by atoms with van der Waals surface area (Å²) < 4.78 is 5.30. The monoisotopic (exact) mass is 432 g/mol. The molecule has 3 aliphatic carbocycles. The standard InChI is InChI=1S/C28H36N2O2/c1-27-15-12-24-22(23(27)10-6-20(27)14-17-29)9-11-25-28(24,2)16-13-26(31)30(25)18-19-4-7-21(32-3)8-5-19/h4-5,7-8,13,16,20,22-25H,6,9-12,14-15,18H2,1-3H3/t20-,22?,23+,24?,25-,27-,28-/m1/s1. The molecule has 1 amide bonds. The van der Waals surface area contributed by atoms with E-state index in [4.69, 9.17) is 4.74 Å². The minimum atomic E-state index is 0.0396. The van der Waals surface area contributed by atoms with Crippen LogP contribution in [0.25, 0.3) is 0 Å². The van der Waals surface area contributed by atoms with Gasteiger partial charge in [-0.3, -0.25) is 4.79 Å². The number of nitriles is 1. The maximum Gasteiger partial charge on any atom is 0.246 e. The Morgan fingerprint density at radius 1 is 1.09 bits per heavy atom. The zero-order valence-corrected chi connectivity index (χ0v) is 19.7. The van der Waals surface area contributed by atoms with Crippen LogP contribution in [-0.4, -0.2) is 24.0 Å². The van der Waals surface area contributed by atoms with Crippen LogP contribution in [0.2, 0.25) is 0 Å². The van der Waals surface area contributed by atoms with Crippen molar-refractivity contribution in [1.29, 1.82) is 5.26 Å². The highest BCUT2D eigenvalue weighted by molar-refractivity contribution is 5.89. The van der Waals surface area contributed by atoms with Crippen LogP contribution in [0.15, 0.2) is 36.4 Å². The normalized spacial score (nSPS) is 40.2. The van der Waals surface area contributed by atoms with Gasteiger partial charge in [-0.25, -0.2) is 0 Å². The Balaban J connectivity index is 1.40. The Morgan fingerprint density at radius 3 is 2.59 bits per heavy atom. The van der Waals surface area contributed by atoms with Gasteiger partial charge in [0, 0.05) is 24.4 Å². The molecule has 1 aliphatic heterocycles. The molecule has 5 rings (SSSR count). The Kier molecular flexibility index (Phi) is 5.35. The number of benzene rings is 1. The predicted octanol–water partition coefficient (Wildman–Crippen LogP) is 5.73. The largest absolute Gasteiger partial charge is 0.497 e. The van der Waals surface area contributed by atoms with Crippen LogP contribution in [0, 0.1) is 45.8 Å². The smallest absolute Gasteiger partial charge is 0.246 e. The summed E-state index contributed by atoms with van der Waals surface area (Å²) >= 11 is 0. The molecule has 0 spiro atoms. The van der Waals surface area contributed by atoms with Gasteiger partial charge in [0.25, 0.3) is 0 Å². The van der Waals surface area contributed by atoms with Gasteiger partial charge in [0.15, 0.2) is 0 Å². The van der Waals surface area contributed by atoms with Crippen molar-refractivity contribution in [1.82, 2.24) is 4.90 Å². The van der Waals surface area contributed by atoms with Crippen LogP contribution >= 0.6 is 0 Å². The van der Waals surface area contributed by atoms with Gasteiger partial charge in [-0.1, -0.05) is 32.1 Å². The average Bonchev–Trinajstić information content (AvgIpc) is 3.13. The third kappa shape index (κ3) is 3.19. The summed E-state index contributed by atoms with van der Waals surface area (Å²) in [5.74, 6) is 3.65. The second-order valence-corrected chi connectivity index (χ2v) is 11.2. The van der Waals surface area contributed by atoms with E-state index in [1.165, 1.54) is 32.1 Å². The van der Waals surface area contributed by atoms with Crippen molar-refractivity contribution in [2.45, 2.75) is 71.4 Å². The summed E-state index contributed by atoms with van der Waals surface area (Å²) in [5.41, 5.74) is 1.53. The molecule has 0 radical (unpaired) electrons. The van der Waals surface area contributed by atoms with E-state index < -0.39 is 0 Å². The van der Waals surface area contributed by atoms with Crippen molar-refractivity contribution in [2.24, 2.45) is 34.5 Å². The summed E-state index contributed by atoms with van der Waals surface area (Å²) in [5, 5.41) is 9.36. The fraction of sp³-hybridized carbons (Fsp3) is 0.643. The minimum Gasteiger partial charge on any atom is -0.497 e. The molecule has 4 aliphatic rings. The SMILES string of the molecule is COc1ccc(CN2C(=O)C=C[C@]3(C)C4CC[C@]5(C)[C@@H](CC#N)CC[C@H]5C4CC[C@@H]23)cc1. The molecular weight excluding hydrogens is 396 g/mol. The van der Waals surface area contributed by atoms with E-state index in [0.717, 1.165) is 29.6 Å².